The summed E-state index contributed by atoms with van der Waals surface area (Å²) < 4.78 is 0. The second-order valence-corrected chi connectivity index (χ2v) is 3.20. The highest BCUT2D eigenvalue weighted by Gasteiger charge is 2.20. The van der Waals surface area contributed by atoms with Crippen LogP contribution >= 0.6 is 0 Å². The van der Waals surface area contributed by atoms with Gasteiger partial charge in [0.25, 0.3) is 0 Å². The molecule has 59 valence electrons. The van der Waals surface area contributed by atoms with Crippen LogP contribution in [0.15, 0.2) is 0 Å². The maximum atomic E-state index is 4.51. The molecule has 1 heteroatoms. The minimum atomic E-state index is 0.779. The van der Waals surface area contributed by atoms with Crippen LogP contribution in [0.2, 0.25) is 0 Å². The van der Waals surface area contributed by atoms with Gasteiger partial charge in [-0.1, -0.05) is 26.2 Å². The van der Waals surface area contributed by atoms with E-state index in [9.17, 15) is 0 Å². The van der Waals surface area contributed by atoms with Crippen molar-refractivity contribution in [1.82, 2.24) is 5.32 Å². The summed E-state index contributed by atoms with van der Waals surface area (Å²) in [7, 11) is 0. The lowest BCUT2D eigenvalue weighted by Gasteiger charge is -1.98. The molecule has 0 N–H and O–H groups in total. The van der Waals surface area contributed by atoms with Crippen molar-refractivity contribution in [3.05, 3.63) is 0 Å². The summed E-state index contributed by atoms with van der Waals surface area (Å²) in [5.41, 5.74) is 0. The molecule has 0 aromatic heterocycles. The smallest absolute Gasteiger partial charge is 0.0247 e. The van der Waals surface area contributed by atoms with Crippen molar-refractivity contribution in [2.45, 2.75) is 51.5 Å². The number of nitrogens with zero attached hydrogens (tertiary/aromatic N) is 1. The van der Waals surface area contributed by atoms with Crippen LogP contribution < -0.4 is 5.32 Å². The zero-order valence-corrected chi connectivity index (χ0v) is 6.97. The third-order valence-corrected chi connectivity index (χ3v) is 1.95. The Kier molecular flexibility index (Phi) is 3.81. The molecule has 0 aliphatic heterocycles. The highest BCUT2D eigenvalue weighted by atomic mass is 14.9. The van der Waals surface area contributed by atoms with Crippen molar-refractivity contribution in [2.75, 3.05) is 6.54 Å². The molecule has 1 aliphatic rings. The molecule has 1 rings (SSSR count). The Balaban J connectivity index is 1.68. The maximum Gasteiger partial charge on any atom is 0.0247 e. The molecule has 0 spiro atoms. The van der Waals surface area contributed by atoms with Gasteiger partial charge in [-0.3, -0.25) is 0 Å². The number of hydrogen-bond acceptors (Lipinski definition) is 0. The molecule has 1 fully saturated rings. The van der Waals surface area contributed by atoms with Gasteiger partial charge in [0, 0.05) is 12.6 Å². The van der Waals surface area contributed by atoms with Crippen LogP contribution in [-0.2, 0) is 0 Å². The molecule has 1 nitrogen and oxygen atoms in total. The highest BCUT2D eigenvalue weighted by molar-refractivity contribution is 4.79. The monoisotopic (exact) mass is 140 g/mol. The Morgan fingerprint density at radius 3 is 2.60 bits per heavy atom. The molecule has 0 unspecified atom stereocenters. The van der Waals surface area contributed by atoms with E-state index in [1.807, 2.05) is 0 Å². The van der Waals surface area contributed by atoms with Crippen molar-refractivity contribution in [3.63, 3.8) is 0 Å². The molecular formula is C9H18N. The lowest BCUT2D eigenvalue weighted by Crippen LogP contribution is -2.08. The quantitative estimate of drug-likeness (QED) is 0.503. The van der Waals surface area contributed by atoms with E-state index in [-0.39, 0.29) is 0 Å². The molecule has 0 bridgehead atoms. The maximum absolute atomic E-state index is 4.51. The fraction of sp³-hybridized carbons (Fsp3) is 1.00. The van der Waals surface area contributed by atoms with Gasteiger partial charge in [-0.25, -0.2) is 5.32 Å². The van der Waals surface area contributed by atoms with Gasteiger partial charge in [0.15, 0.2) is 0 Å². The van der Waals surface area contributed by atoms with E-state index in [1.165, 1.54) is 38.5 Å². The van der Waals surface area contributed by atoms with Crippen molar-refractivity contribution in [1.29, 1.82) is 0 Å². The van der Waals surface area contributed by atoms with Gasteiger partial charge in [0.05, 0.1) is 0 Å². The normalized spacial score (nSPS) is 17.7. The third-order valence-electron chi connectivity index (χ3n) is 1.95. The zero-order chi connectivity index (χ0) is 7.23. The molecule has 10 heavy (non-hydrogen) atoms. The molecule has 1 saturated carbocycles. The first-order valence-corrected chi connectivity index (χ1v) is 4.60. The Hall–Kier alpha value is -0.0400. The van der Waals surface area contributed by atoms with E-state index in [0.29, 0.717) is 0 Å². The molecule has 0 aromatic carbocycles. The van der Waals surface area contributed by atoms with Gasteiger partial charge in [-0.15, -0.1) is 0 Å². The van der Waals surface area contributed by atoms with Crippen LogP contribution in [0.3, 0.4) is 0 Å². The third kappa shape index (κ3) is 3.89. The molecule has 1 radical (unpaired) electrons. The standard InChI is InChI=1S/C9H18N/c1-2-3-4-5-8-10-9-6-7-9/h9H,2-8H2,1H3. The Labute approximate surface area is 64.2 Å². The van der Waals surface area contributed by atoms with Crippen LogP contribution in [0.25, 0.3) is 0 Å². The van der Waals surface area contributed by atoms with E-state index in [0.717, 1.165) is 12.6 Å². The Bertz CT molecular complexity index is 76.8. The van der Waals surface area contributed by atoms with Crippen LogP contribution in [0.5, 0.6) is 0 Å². The molecule has 0 heterocycles. The Morgan fingerprint density at radius 2 is 2.00 bits per heavy atom. The van der Waals surface area contributed by atoms with Gasteiger partial charge in [0.1, 0.15) is 0 Å². The van der Waals surface area contributed by atoms with E-state index in [1.54, 1.807) is 0 Å². The molecular weight excluding hydrogens is 122 g/mol. The first kappa shape index (κ1) is 8.06. The second-order valence-electron chi connectivity index (χ2n) is 3.20. The van der Waals surface area contributed by atoms with Gasteiger partial charge in [0.2, 0.25) is 0 Å². The van der Waals surface area contributed by atoms with E-state index >= 15 is 0 Å². The summed E-state index contributed by atoms with van der Waals surface area (Å²) in [5.74, 6) is 0. The van der Waals surface area contributed by atoms with Crippen molar-refractivity contribution in [3.8, 4) is 0 Å². The second kappa shape index (κ2) is 4.73. The molecule has 0 saturated heterocycles. The summed E-state index contributed by atoms with van der Waals surface area (Å²) in [6.07, 6.45) is 8.17. The predicted octanol–water partition coefficient (Wildman–Crippen LogP) is 2.33. The summed E-state index contributed by atoms with van der Waals surface area (Å²) in [6.45, 7) is 3.38. The minimum Gasteiger partial charge on any atom is -0.238 e. The average Bonchev–Trinajstić information content (AvgIpc) is 2.71. The van der Waals surface area contributed by atoms with Gasteiger partial charge in [-0.2, -0.15) is 0 Å². The lowest BCUT2D eigenvalue weighted by atomic mass is 10.2. The highest BCUT2D eigenvalue weighted by Crippen LogP contribution is 2.19. The number of unbranched alkanes of at least 4 members (excludes halogenated alkanes) is 3. The van der Waals surface area contributed by atoms with Gasteiger partial charge in [-0.05, 0) is 19.3 Å². The fourth-order valence-corrected chi connectivity index (χ4v) is 1.07. The minimum absolute atomic E-state index is 0.779. The topological polar surface area (TPSA) is 14.1 Å². The molecule has 0 aromatic rings. The first-order chi connectivity index (χ1) is 4.93. The van der Waals surface area contributed by atoms with Crippen LogP contribution in [0.1, 0.15) is 45.4 Å². The first-order valence-electron chi connectivity index (χ1n) is 4.60. The zero-order valence-electron chi connectivity index (χ0n) is 6.97. The SMILES string of the molecule is CCCCCC[N]C1CC1. The van der Waals surface area contributed by atoms with E-state index < -0.39 is 0 Å². The summed E-state index contributed by atoms with van der Waals surface area (Å²) in [4.78, 5) is 0. The van der Waals surface area contributed by atoms with E-state index in [2.05, 4.69) is 12.2 Å². The van der Waals surface area contributed by atoms with Crippen LogP contribution in [0.4, 0.5) is 0 Å². The molecule has 0 atom stereocenters. The summed E-state index contributed by atoms with van der Waals surface area (Å²) in [5, 5.41) is 4.51. The number of rotatable bonds is 6. The van der Waals surface area contributed by atoms with Crippen molar-refractivity contribution in [2.24, 2.45) is 0 Å². The lowest BCUT2D eigenvalue weighted by molar-refractivity contribution is 0.587. The summed E-state index contributed by atoms with van der Waals surface area (Å²) in [6, 6.07) is 0.779. The van der Waals surface area contributed by atoms with Crippen LogP contribution in [0, 0.1) is 0 Å². The predicted molar refractivity (Wildman–Crippen MR) is 44.2 cm³/mol. The van der Waals surface area contributed by atoms with Gasteiger partial charge >= 0.3 is 0 Å². The largest absolute Gasteiger partial charge is 0.238 e. The Morgan fingerprint density at radius 1 is 1.20 bits per heavy atom. The van der Waals surface area contributed by atoms with E-state index in [4.69, 9.17) is 0 Å². The average molecular weight is 140 g/mol. The summed E-state index contributed by atoms with van der Waals surface area (Å²) >= 11 is 0. The number of hydrogen-bond donors (Lipinski definition) is 0. The van der Waals surface area contributed by atoms with Crippen LogP contribution in [-0.4, -0.2) is 12.6 Å². The molecule has 0 amide bonds. The fourth-order valence-electron chi connectivity index (χ4n) is 1.07. The van der Waals surface area contributed by atoms with Crippen molar-refractivity contribution >= 4 is 0 Å². The molecule has 1 aliphatic carbocycles. The van der Waals surface area contributed by atoms with Gasteiger partial charge < -0.3 is 0 Å². The van der Waals surface area contributed by atoms with Crippen molar-refractivity contribution < 1.29 is 0 Å².